The van der Waals surface area contributed by atoms with Gasteiger partial charge in [-0.2, -0.15) is 0 Å². The van der Waals surface area contributed by atoms with Crippen LogP contribution in [0, 0.1) is 5.92 Å². The average molecular weight is 247 g/mol. The number of piperidine rings is 1. The minimum atomic E-state index is -2.67. The number of likely N-dealkylation sites (tertiary alicyclic amines) is 1. The van der Waals surface area contributed by atoms with Gasteiger partial charge in [-0.1, -0.05) is 6.92 Å². The number of hydrogen-bond donors (Lipinski definition) is 0. The second kappa shape index (κ2) is 3.82. The molecule has 17 heavy (non-hydrogen) atoms. The fourth-order valence-electron chi connectivity index (χ4n) is 2.38. The Morgan fingerprint density at radius 1 is 1.41 bits per heavy atom. The van der Waals surface area contributed by atoms with Crippen molar-refractivity contribution in [2.45, 2.75) is 57.6 Å². The third-order valence-corrected chi connectivity index (χ3v) is 3.63. The monoisotopic (exact) mass is 247 g/mol. The zero-order valence-corrected chi connectivity index (χ0v) is 10.5. The minimum absolute atomic E-state index is 0.0132. The van der Waals surface area contributed by atoms with Crippen molar-refractivity contribution >= 4 is 6.09 Å². The van der Waals surface area contributed by atoms with Crippen molar-refractivity contribution in [3.63, 3.8) is 0 Å². The standard InChI is InChI=1S/C12H19F2NO2/c1-8-6-9(8)17-10(16)15-5-4-12(13,14)7-11(15,2)3/h8-9H,4-7H2,1-3H3. The Morgan fingerprint density at radius 3 is 2.47 bits per heavy atom. The Bertz CT molecular complexity index is 330. The van der Waals surface area contributed by atoms with E-state index in [9.17, 15) is 13.6 Å². The Morgan fingerprint density at radius 2 is 2.00 bits per heavy atom. The smallest absolute Gasteiger partial charge is 0.410 e. The predicted octanol–water partition coefficient (Wildman–Crippen LogP) is 3.04. The van der Waals surface area contributed by atoms with Crippen LogP contribution >= 0.6 is 0 Å². The number of nitrogens with zero attached hydrogens (tertiary/aromatic N) is 1. The van der Waals surface area contributed by atoms with Gasteiger partial charge in [-0.3, -0.25) is 0 Å². The van der Waals surface area contributed by atoms with Gasteiger partial charge in [0, 0.05) is 24.9 Å². The van der Waals surface area contributed by atoms with Gasteiger partial charge in [-0.15, -0.1) is 0 Å². The number of amides is 1. The number of rotatable bonds is 1. The molecule has 2 fully saturated rings. The molecule has 98 valence electrons. The van der Waals surface area contributed by atoms with E-state index < -0.39 is 17.6 Å². The van der Waals surface area contributed by atoms with Crippen LogP contribution in [0.3, 0.4) is 0 Å². The average Bonchev–Trinajstić information content (AvgIpc) is 2.77. The second-order valence-corrected chi connectivity index (χ2v) is 5.88. The second-order valence-electron chi connectivity index (χ2n) is 5.88. The van der Waals surface area contributed by atoms with Crippen molar-refractivity contribution in [1.29, 1.82) is 0 Å². The molecule has 1 saturated carbocycles. The van der Waals surface area contributed by atoms with Crippen LogP contribution in [0.4, 0.5) is 13.6 Å². The topological polar surface area (TPSA) is 29.5 Å². The van der Waals surface area contributed by atoms with Crippen LogP contribution in [-0.4, -0.2) is 35.1 Å². The first kappa shape index (κ1) is 12.6. The summed E-state index contributed by atoms with van der Waals surface area (Å²) in [4.78, 5) is 13.3. The number of hydrogen-bond acceptors (Lipinski definition) is 2. The normalized spacial score (nSPS) is 34.3. The van der Waals surface area contributed by atoms with Gasteiger partial charge in [0.05, 0.1) is 0 Å². The highest BCUT2D eigenvalue weighted by atomic mass is 19.3. The van der Waals surface area contributed by atoms with Crippen molar-refractivity contribution in [2.24, 2.45) is 5.92 Å². The van der Waals surface area contributed by atoms with E-state index >= 15 is 0 Å². The maximum atomic E-state index is 13.3. The van der Waals surface area contributed by atoms with Gasteiger partial charge >= 0.3 is 6.09 Å². The van der Waals surface area contributed by atoms with E-state index in [1.165, 1.54) is 4.90 Å². The molecular formula is C12H19F2NO2. The van der Waals surface area contributed by atoms with Crippen LogP contribution in [-0.2, 0) is 4.74 Å². The lowest BCUT2D eigenvalue weighted by Gasteiger charge is -2.44. The predicted molar refractivity (Wildman–Crippen MR) is 59.0 cm³/mol. The summed E-state index contributed by atoms with van der Waals surface area (Å²) in [7, 11) is 0. The highest BCUT2D eigenvalue weighted by Crippen LogP contribution is 2.39. The molecule has 5 heteroatoms. The highest BCUT2D eigenvalue weighted by Gasteiger charge is 2.48. The maximum absolute atomic E-state index is 13.3. The summed E-state index contributed by atoms with van der Waals surface area (Å²) >= 11 is 0. The van der Waals surface area contributed by atoms with Gasteiger partial charge < -0.3 is 9.64 Å². The molecule has 1 amide bonds. The number of alkyl halides is 2. The Hall–Kier alpha value is -0.870. The van der Waals surface area contributed by atoms with Crippen LogP contribution in [0.15, 0.2) is 0 Å². The van der Waals surface area contributed by atoms with E-state index in [0.717, 1.165) is 6.42 Å². The lowest BCUT2D eigenvalue weighted by Crippen LogP contribution is -2.56. The van der Waals surface area contributed by atoms with E-state index in [1.54, 1.807) is 13.8 Å². The Labute approximate surface area is 100 Å². The van der Waals surface area contributed by atoms with E-state index in [0.29, 0.717) is 5.92 Å². The molecule has 0 radical (unpaired) electrons. The van der Waals surface area contributed by atoms with Gasteiger partial charge in [-0.25, -0.2) is 13.6 Å². The number of ether oxygens (including phenoxy) is 1. The fourth-order valence-corrected chi connectivity index (χ4v) is 2.38. The van der Waals surface area contributed by atoms with Crippen LogP contribution in [0.25, 0.3) is 0 Å². The molecule has 0 bridgehead atoms. The SMILES string of the molecule is CC1CC1OC(=O)N1CCC(F)(F)CC1(C)C. The Balaban J connectivity index is 1.98. The maximum Gasteiger partial charge on any atom is 0.410 e. The zero-order chi connectivity index (χ0) is 12.8. The number of carbonyl (C=O) groups excluding carboxylic acids is 1. The molecule has 3 nitrogen and oxygen atoms in total. The molecule has 2 unspecified atom stereocenters. The first-order chi connectivity index (χ1) is 7.71. The lowest BCUT2D eigenvalue weighted by molar-refractivity contribution is -0.0976. The van der Waals surface area contributed by atoms with Crippen LogP contribution in [0.1, 0.15) is 40.0 Å². The van der Waals surface area contributed by atoms with Gasteiger partial charge in [0.1, 0.15) is 6.10 Å². The number of halogens is 2. The molecule has 1 aliphatic heterocycles. The van der Waals surface area contributed by atoms with Gasteiger partial charge in [0.2, 0.25) is 0 Å². The Kier molecular flexibility index (Phi) is 2.83. The number of carbonyl (C=O) groups is 1. The van der Waals surface area contributed by atoms with Crippen molar-refractivity contribution in [2.75, 3.05) is 6.54 Å². The molecule has 0 aromatic rings. The summed E-state index contributed by atoms with van der Waals surface area (Å²) in [6.45, 7) is 5.41. The first-order valence-corrected chi connectivity index (χ1v) is 6.07. The summed E-state index contributed by atoms with van der Waals surface area (Å²) in [5, 5.41) is 0. The summed E-state index contributed by atoms with van der Waals surface area (Å²) in [5.41, 5.74) is -0.836. The summed E-state index contributed by atoms with van der Waals surface area (Å²) in [6.07, 6.45) is -0.141. The first-order valence-electron chi connectivity index (χ1n) is 6.07. The van der Waals surface area contributed by atoms with Crippen LogP contribution in [0.2, 0.25) is 0 Å². The molecule has 0 N–H and O–H groups in total. The molecular weight excluding hydrogens is 228 g/mol. The van der Waals surface area contributed by atoms with Crippen molar-refractivity contribution in [3.05, 3.63) is 0 Å². The molecule has 0 aromatic carbocycles. The lowest BCUT2D eigenvalue weighted by atomic mass is 9.88. The summed E-state index contributed by atoms with van der Waals surface area (Å²) < 4.78 is 31.8. The quantitative estimate of drug-likeness (QED) is 0.712. The molecule has 1 aliphatic carbocycles. The van der Waals surface area contributed by atoms with Crippen molar-refractivity contribution in [3.8, 4) is 0 Å². The molecule has 2 aliphatic rings. The van der Waals surface area contributed by atoms with Crippen molar-refractivity contribution < 1.29 is 18.3 Å². The third-order valence-electron chi connectivity index (χ3n) is 3.63. The van der Waals surface area contributed by atoms with Gasteiger partial charge in [0.25, 0.3) is 5.92 Å². The van der Waals surface area contributed by atoms with Gasteiger partial charge in [0.15, 0.2) is 0 Å². The largest absolute Gasteiger partial charge is 0.446 e. The fraction of sp³-hybridized carbons (Fsp3) is 0.917. The molecule has 0 spiro atoms. The zero-order valence-electron chi connectivity index (χ0n) is 10.5. The van der Waals surface area contributed by atoms with E-state index in [2.05, 4.69) is 0 Å². The molecule has 2 rings (SSSR count). The highest BCUT2D eigenvalue weighted by molar-refractivity contribution is 5.69. The van der Waals surface area contributed by atoms with E-state index in [4.69, 9.17) is 4.74 Å². The van der Waals surface area contributed by atoms with Gasteiger partial charge in [-0.05, 0) is 26.2 Å². The third kappa shape index (κ3) is 2.69. The van der Waals surface area contributed by atoms with Crippen LogP contribution < -0.4 is 0 Å². The summed E-state index contributed by atoms with van der Waals surface area (Å²) in [5.74, 6) is -2.26. The minimum Gasteiger partial charge on any atom is -0.446 e. The molecule has 1 heterocycles. The van der Waals surface area contributed by atoms with Crippen molar-refractivity contribution in [1.82, 2.24) is 4.90 Å². The molecule has 2 atom stereocenters. The van der Waals surface area contributed by atoms with E-state index in [1.807, 2.05) is 6.92 Å². The summed E-state index contributed by atoms with van der Waals surface area (Å²) in [6, 6.07) is 0. The van der Waals surface area contributed by atoms with E-state index in [-0.39, 0.29) is 25.5 Å². The molecule has 1 saturated heterocycles. The van der Waals surface area contributed by atoms with Crippen LogP contribution in [0.5, 0.6) is 0 Å². The molecule has 0 aromatic heterocycles.